The van der Waals surface area contributed by atoms with Crippen molar-refractivity contribution >= 4 is 34.1 Å². The van der Waals surface area contributed by atoms with Gasteiger partial charge in [-0.05, 0) is 61.6 Å². The molecule has 0 bridgehead atoms. The summed E-state index contributed by atoms with van der Waals surface area (Å²) in [5, 5.41) is 8.20. The Bertz CT molecular complexity index is 1110. The molecule has 4 nitrogen and oxygen atoms in total. The summed E-state index contributed by atoms with van der Waals surface area (Å²) in [4.78, 5) is 16.7. The molecule has 1 amide bonds. The second-order valence-corrected chi connectivity index (χ2v) is 8.59. The van der Waals surface area contributed by atoms with E-state index in [0.29, 0.717) is 10.6 Å². The minimum Gasteiger partial charge on any atom is -0.382 e. The number of hydrogen-bond donors (Lipinski definition) is 2. The Kier molecular flexibility index (Phi) is 6.55. The van der Waals surface area contributed by atoms with Crippen molar-refractivity contribution in [1.29, 1.82) is 0 Å². The quantitative estimate of drug-likeness (QED) is 0.490. The molecular formula is C24H23ClF3N3O. The topological polar surface area (TPSA) is 54.0 Å². The van der Waals surface area contributed by atoms with E-state index >= 15 is 0 Å². The Balaban J connectivity index is 1.29. The Morgan fingerprint density at radius 2 is 1.78 bits per heavy atom. The van der Waals surface area contributed by atoms with Crippen molar-refractivity contribution < 1.29 is 18.0 Å². The standard InChI is InChI=1S/C24H23ClF3N3O/c25-17-4-9-20-21(10-11-29-22(20)14-17)30-18-5-7-19(8-6-18)31-23(32)13-15-2-1-3-16(12-15)24(26,27)28/h1-4,9-12,14,18-19H,5-8,13H2,(H,29,30)(H,31,32). The highest BCUT2D eigenvalue weighted by atomic mass is 35.5. The summed E-state index contributed by atoms with van der Waals surface area (Å²) in [6.45, 7) is 0. The fourth-order valence-corrected chi connectivity index (χ4v) is 4.34. The van der Waals surface area contributed by atoms with Gasteiger partial charge in [0, 0.05) is 34.4 Å². The first kappa shape index (κ1) is 22.4. The zero-order valence-corrected chi connectivity index (χ0v) is 18.0. The van der Waals surface area contributed by atoms with Crippen molar-refractivity contribution in [2.75, 3.05) is 5.32 Å². The number of pyridine rings is 1. The van der Waals surface area contributed by atoms with Crippen LogP contribution in [0.2, 0.25) is 5.02 Å². The lowest BCUT2D eigenvalue weighted by atomic mass is 9.90. The Morgan fingerprint density at radius 1 is 1.03 bits per heavy atom. The maximum Gasteiger partial charge on any atom is 0.416 e. The molecule has 1 aliphatic carbocycles. The predicted molar refractivity (Wildman–Crippen MR) is 120 cm³/mol. The van der Waals surface area contributed by atoms with Crippen molar-refractivity contribution in [3.8, 4) is 0 Å². The second-order valence-electron chi connectivity index (χ2n) is 8.16. The number of rotatable bonds is 5. The van der Waals surface area contributed by atoms with E-state index in [1.807, 2.05) is 24.3 Å². The van der Waals surface area contributed by atoms with E-state index in [9.17, 15) is 18.0 Å². The van der Waals surface area contributed by atoms with Gasteiger partial charge in [-0.25, -0.2) is 0 Å². The molecule has 2 aromatic carbocycles. The van der Waals surface area contributed by atoms with Crippen LogP contribution in [0.3, 0.4) is 0 Å². The van der Waals surface area contributed by atoms with Crippen molar-refractivity contribution in [1.82, 2.24) is 10.3 Å². The van der Waals surface area contributed by atoms with Crippen molar-refractivity contribution in [3.63, 3.8) is 0 Å². The molecular weight excluding hydrogens is 439 g/mol. The minimum atomic E-state index is -4.41. The average Bonchev–Trinajstić information content (AvgIpc) is 2.74. The summed E-state index contributed by atoms with van der Waals surface area (Å²) in [6, 6.07) is 12.8. The van der Waals surface area contributed by atoms with Gasteiger partial charge in [0.15, 0.2) is 0 Å². The number of amides is 1. The lowest BCUT2D eigenvalue weighted by Gasteiger charge is -2.30. The van der Waals surface area contributed by atoms with E-state index in [1.54, 1.807) is 12.3 Å². The third-order valence-electron chi connectivity index (χ3n) is 5.78. The number of benzene rings is 2. The van der Waals surface area contributed by atoms with Crippen LogP contribution in [-0.4, -0.2) is 23.0 Å². The average molecular weight is 462 g/mol. The molecule has 0 saturated heterocycles. The molecule has 32 heavy (non-hydrogen) atoms. The molecule has 0 radical (unpaired) electrons. The van der Waals surface area contributed by atoms with Crippen LogP contribution in [0.4, 0.5) is 18.9 Å². The van der Waals surface area contributed by atoms with E-state index in [-0.39, 0.29) is 24.4 Å². The largest absolute Gasteiger partial charge is 0.416 e. The fourth-order valence-electron chi connectivity index (χ4n) is 4.17. The number of hydrogen-bond acceptors (Lipinski definition) is 3. The molecule has 1 fully saturated rings. The highest BCUT2D eigenvalue weighted by molar-refractivity contribution is 6.31. The van der Waals surface area contributed by atoms with Gasteiger partial charge in [0.2, 0.25) is 5.91 Å². The summed E-state index contributed by atoms with van der Waals surface area (Å²) >= 11 is 6.05. The molecule has 168 valence electrons. The first-order chi connectivity index (χ1) is 15.3. The minimum absolute atomic E-state index is 0.0272. The summed E-state index contributed by atoms with van der Waals surface area (Å²) in [7, 11) is 0. The molecule has 3 aromatic rings. The monoisotopic (exact) mass is 461 g/mol. The zero-order valence-electron chi connectivity index (χ0n) is 17.3. The van der Waals surface area contributed by atoms with Crippen molar-refractivity contribution in [2.45, 2.75) is 50.4 Å². The molecule has 4 rings (SSSR count). The number of nitrogens with zero attached hydrogens (tertiary/aromatic N) is 1. The van der Waals surface area contributed by atoms with Gasteiger partial charge in [0.25, 0.3) is 0 Å². The summed E-state index contributed by atoms with van der Waals surface area (Å²) in [5.41, 5.74) is 1.46. The Morgan fingerprint density at radius 3 is 2.53 bits per heavy atom. The van der Waals surface area contributed by atoms with Crippen molar-refractivity contribution in [2.24, 2.45) is 0 Å². The lowest BCUT2D eigenvalue weighted by molar-refractivity contribution is -0.137. The van der Waals surface area contributed by atoms with Crippen LogP contribution >= 0.6 is 11.6 Å². The summed E-state index contributed by atoms with van der Waals surface area (Å²) in [6.07, 6.45) is 0.651. The fraction of sp³-hybridized carbons (Fsp3) is 0.333. The number of carbonyl (C=O) groups excluding carboxylic acids is 1. The van der Waals surface area contributed by atoms with Gasteiger partial charge in [-0.1, -0.05) is 29.8 Å². The first-order valence-corrected chi connectivity index (χ1v) is 10.9. The number of nitrogens with one attached hydrogen (secondary N) is 2. The molecule has 1 aliphatic rings. The maximum absolute atomic E-state index is 12.9. The lowest BCUT2D eigenvalue weighted by Crippen LogP contribution is -2.40. The van der Waals surface area contributed by atoms with Crippen LogP contribution in [0.5, 0.6) is 0 Å². The van der Waals surface area contributed by atoms with Crippen molar-refractivity contribution in [3.05, 3.63) is 70.9 Å². The normalized spacial score (nSPS) is 19.0. The molecule has 0 spiro atoms. The SMILES string of the molecule is O=C(Cc1cccc(C(F)(F)F)c1)NC1CCC(Nc2ccnc3cc(Cl)ccc23)CC1. The number of carbonyl (C=O) groups is 1. The zero-order chi connectivity index (χ0) is 22.7. The first-order valence-electron chi connectivity index (χ1n) is 10.5. The van der Waals surface area contributed by atoms with Gasteiger partial charge in [-0.3, -0.25) is 9.78 Å². The maximum atomic E-state index is 12.9. The van der Waals surface area contributed by atoms with Crippen LogP contribution in [0.1, 0.15) is 36.8 Å². The van der Waals surface area contributed by atoms with Crippen LogP contribution < -0.4 is 10.6 Å². The molecule has 1 heterocycles. The summed E-state index contributed by atoms with van der Waals surface area (Å²) < 4.78 is 38.6. The van der Waals surface area contributed by atoms with Crippen LogP contribution in [0.15, 0.2) is 54.7 Å². The van der Waals surface area contributed by atoms with Gasteiger partial charge >= 0.3 is 6.18 Å². The molecule has 0 aliphatic heterocycles. The number of alkyl halides is 3. The van der Waals surface area contributed by atoms with E-state index in [4.69, 9.17) is 11.6 Å². The van der Waals surface area contributed by atoms with Crippen LogP contribution in [0.25, 0.3) is 10.9 Å². The third kappa shape index (κ3) is 5.51. The molecule has 1 aromatic heterocycles. The van der Waals surface area contributed by atoms with E-state index in [0.717, 1.165) is 54.4 Å². The number of halogens is 4. The van der Waals surface area contributed by atoms with Gasteiger partial charge in [0.1, 0.15) is 0 Å². The number of anilines is 1. The van der Waals surface area contributed by atoms with E-state index in [1.165, 1.54) is 6.07 Å². The smallest absolute Gasteiger partial charge is 0.382 e. The molecule has 1 saturated carbocycles. The third-order valence-corrected chi connectivity index (χ3v) is 6.01. The number of aromatic nitrogens is 1. The van der Waals surface area contributed by atoms with Gasteiger partial charge in [-0.15, -0.1) is 0 Å². The molecule has 8 heteroatoms. The number of fused-ring (bicyclic) bond motifs is 1. The van der Waals surface area contributed by atoms with Crippen LogP contribution in [0, 0.1) is 0 Å². The second kappa shape index (κ2) is 9.36. The Labute approximate surface area is 189 Å². The molecule has 0 unspecified atom stereocenters. The van der Waals surface area contributed by atoms with Crippen LogP contribution in [-0.2, 0) is 17.4 Å². The molecule has 0 atom stereocenters. The van der Waals surface area contributed by atoms with E-state index < -0.39 is 11.7 Å². The van der Waals surface area contributed by atoms with Gasteiger partial charge < -0.3 is 10.6 Å². The predicted octanol–water partition coefficient (Wildman–Crippen LogP) is 5.99. The van der Waals surface area contributed by atoms with E-state index in [2.05, 4.69) is 15.6 Å². The summed E-state index contributed by atoms with van der Waals surface area (Å²) in [5.74, 6) is -0.252. The van der Waals surface area contributed by atoms with Gasteiger partial charge in [0.05, 0.1) is 17.5 Å². The highest BCUT2D eigenvalue weighted by Crippen LogP contribution is 2.30. The van der Waals surface area contributed by atoms with Gasteiger partial charge in [-0.2, -0.15) is 13.2 Å². The Hall–Kier alpha value is -2.80. The highest BCUT2D eigenvalue weighted by Gasteiger charge is 2.30. The molecule has 2 N–H and O–H groups in total.